The molecule has 0 spiro atoms. The molecule has 1 aromatic rings. The van der Waals surface area contributed by atoms with Gasteiger partial charge in [0, 0.05) is 16.5 Å². The zero-order valence-corrected chi connectivity index (χ0v) is 13.8. The average Bonchev–Trinajstić information content (AvgIpc) is 3.00. The molecule has 2 nitrogen and oxygen atoms in total. The summed E-state index contributed by atoms with van der Waals surface area (Å²) in [6.07, 6.45) is 3.74. The average molecular weight is 301 g/mol. The van der Waals surface area contributed by atoms with Crippen LogP contribution >= 0.6 is 22.9 Å². The molecule has 2 heterocycles. The Kier molecular flexibility index (Phi) is 5.29. The van der Waals surface area contributed by atoms with Gasteiger partial charge < -0.3 is 5.32 Å². The summed E-state index contributed by atoms with van der Waals surface area (Å²) in [5.41, 5.74) is 0.197. The Hall–Kier alpha value is -0.0900. The van der Waals surface area contributed by atoms with E-state index >= 15 is 0 Å². The van der Waals surface area contributed by atoms with Gasteiger partial charge >= 0.3 is 0 Å². The topological polar surface area (TPSA) is 15.3 Å². The molecule has 1 saturated heterocycles. The van der Waals surface area contributed by atoms with Gasteiger partial charge in [0.15, 0.2) is 0 Å². The third kappa shape index (κ3) is 3.72. The SMILES string of the molecule is CCNC(Cc1ccc(Cl)s1)C(C)(C)N1CCCC1. The number of nitrogens with one attached hydrogen (secondary N) is 1. The van der Waals surface area contributed by atoms with E-state index in [2.05, 4.69) is 37.1 Å². The lowest BCUT2D eigenvalue weighted by atomic mass is 9.89. The van der Waals surface area contributed by atoms with Crippen molar-refractivity contribution in [2.45, 2.75) is 51.6 Å². The number of rotatable bonds is 6. The zero-order valence-electron chi connectivity index (χ0n) is 12.2. The highest BCUT2D eigenvalue weighted by Gasteiger charge is 2.36. The summed E-state index contributed by atoms with van der Waals surface area (Å²) < 4.78 is 0.893. The second kappa shape index (κ2) is 6.57. The Morgan fingerprint density at radius 1 is 1.37 bits per heavy atom. The van der Waals surface area contributed by atoms with E-state index in [4.69, 9.17) is 11.6 Å². The van der Waals surface area contributed by atoms with Gasteiger partial charge in [0.05, 0.1) is 4.34 Å². The normalized spacial score (nSPS) is 18.9. The minimum atomic E-state index is 0.197. The van der Waals surface area contributed by atoms with Crippen LogP contribution in [0.15, 0.2) is 12.1 Å². The quantitative estimate of drug-likeness (QED) is 0.860. The monoisotopic (exact) mass is 300 g/mol. The molecule has 1 aliphatic heterocycles. The number of likely N-dealkylation sites (tertiary alicyclic amines) is 1. The lowest BCUT2D eigenvalue weighted by Gasteiger charge is -2.42. The molecule has 0 bridgehead atoms. The summed E-state index contributed by atoms with van der Waals surface area (Å²) in [6.45, 7) is 10.4. The largest absolute Gasteiger partial charge is 0.312 e. The van der Waals surface area contributed by atoms with Crippen LogP contribution in [0.3, 0.4) is 0 Å². The Morgan fingerprint density at radius 3 is 2.58 bits per heavy atom. The number of thiophene rings is 1. The van der Waals surface area contributed by atoms with Crippen LogP contribution in [0.1, 0.15) is 38.5 Å². The number of hydrogen-bond acceptors (Lipinski definition) is 3. The van der Waals surface area contributed by atoms with Gasteiger partial charge in [-0.15, -0.1) is 11.3 Å². The van der Waals surface area contributed by atoms with Gasteiger partial charge in [-0.05, 0) is 64.9 Å². The molecule has 0 saturated carbocycles. The van der Waals surface area contributed by atoms with Crippen LogP contribution < -0.4 is 5.32 Å². The van der Waals surface area contributed by atoms with E-state index in [9.17, 15) is 0 Å². The smallest absolute Gasteiger partial charge is 0.0931 e. The molecule has 1 N–H and O–H groups in total. The van der Waals surface area contributed by atoms with Crippen LogP contribution in [0.25, 0.3) is 0 Å². The third-order valence-electron chi connectivity index (χ3n) is 4.26. The summed E-state index contributed by atoms with van der Waals surface area (Å²) in [5.74, 6) is 0. The van der Waals surface area contributed by atoms with Gasteiger partial charge in [0.25, 0.3) is 0 Å². The lowest BCUT2D eigenvalue weighted by molar-refractivity contribution is 0.107. The van der Waals surface area contributed by atoms with Gasteiger partial charge in [-0.25, -0.2) is 0 Å². The van der Waals surface area contributed by atoms with Crippen LogP contribution in [0.4, 0.5) is 0 Å². The van der Waals surface area contributed by atoms with E-state index in [0.717, 1.165) is 17.3 Å². The number of nitrogens with zero attached hydrogens (tertiary/aromatic N) is 1. The summed E-state index contributed by atoms with van der Waals surface area (Å²) in [7, 11) is 0. The Bertz CT molecular complexity index is 397. The molecule has 1 atom stereocenters. The van der Waals surface area contributed by atoms with Gasteiger partial charge in [-0.3, -0.25) is 4.90 Å². The predicted octanol–water partition coefficient (Wildman–Crippen LogP) is 3.80. The Balaban J connectivity index is 2.09. The summed E-state index contributed by atoms with van der Waals surface area (Å²) >= 11 is 7.76. The fraction of sp³-hybridized carbons (Fsp3) is 0.733. The lowest BCUT2D eigenvalue weighted by Crippen LogP contribution is -2.57. The second-order valence-corrected chi connectivity index (χ2v) is 7.67. The van der Waals surface area contributed by atoms with E-state index < -0.39 is 0 Å². The molecule has 108 valence electrons. The van der Waals surface area contributed by atoms with Crippen molar-refractivity contribution >= 4 is 22.9 Å². The molecular formula is C15H25ClN2S. The highest BCUT2D eigenvalue weighted by Crippen LogP contribution is 2.29. The minimum Gasteiger partial charge on any atom is -0.312 e. The zero-order chi connectivity index (χ0) is 13.9. The molecule has 19 heavy (non-hydrogen) atoms. The maximum Gasteiger partial charge on any atom is 0.0931 e. The van der Waals surface area contributed by atoms with Crippen molar-refractivity contribution in [2.75, 3.05) is 19.6 Å². The van der Waals surface area contributed by atoms with Gasteiger partial charge in [0.1, 0.15) is 0 Å². The van der Waals surface area contributed by atoms with Gasteiger partial charge in [-0.1, -0.05) is 18.5 Å². The second-order valence-electron chi connectivity index (χ2n) is 5.87. The Morgan fingerprint density at radius 2 is 2.05 bits per heavy atom. The molecule has 0 aliphatic carbocycles. The predicted molar refractivity (Wildman–Crippen MR) is 85.4 cm³/mol. The maximum absolute atomic E-state index is 6.05. The van der Waals surface area contributed by atoms with E-state index in [-0.39, 0.29) is 5.54 Å². The van der Waals surface area contributed by atoms with E-state index in [1.807, 2.05) is 6.07 Å². The molecule has 0 radical (unpaired) electrons. The van der Waals surface area contributed by atoms with Crippen LogP contribution in [-0.2, 0) is 6.42 Å². The molecule has 2 rings (SSSR count). The first-order valence-electron chi connectivity index (χ1n) is 7.26. The van der Waals surface area contributed by atoms with Crippen molar-refractivity contribution in [1.29, 1.82) is 0 Å². The fourth-order valence-corrected chi connectivity index (χ4v) is 4.13. The van der Waals surface area contributed by atoms with Gasteiger partial charge in [0.2, 0.25) is 0 Å². The summed E-state index contributed by atoms with van der Waals surface area (Å²) in [5, 5.41) is 3.68. The van der Waals surface area contributed by atoms with Crippen LogP contribution in [0.5, 0.6) is 0 Å². The fourth-order valence-electron chi connectivity index (χ4n) is 2.99. The van der Waals surface area contributed by atoms with E-state index in [1.165, 1.54) is 30.8 Å². The molecule has 0 aromatic carbocycles. The highest BCUT2D eigenvalue weighted by atomic mass is 35.5. The Labute approximate surface area is 126 Å². The van der Waals surface area contributed by atoms with E-state index in [0.29, 0.717) is 6.04 Å². The van der Waals surface area contributed by atoms with Crippen molar-refractivity contribution < 1.29 is 0 Å². The first-order valence-corrected chi connectivity index (χ1v) is 8.46. The summed E-state index contributed by atoms with van der Waals surface area (Å²) in [6, 6.07) is 4.65. The van der Waals surface area contributed by atoms with Crippen molar-refractivity contribution in [2.24, 2.45) is 0 Å². The van der Waals surface area contributed by atoms with Crippen molar-refractivity contribution in [1.82, 2.24) is 10.2 Å². The number of likely N-dealkylation sites (N-methyl/N-ethyl adjacent to an activating group) is 1. The minimum absolute atomic E-state index is 0.197. The number of halogens is 1. The van der Waals surface area contributed by atoms with Crippen molar-refractivity contribution in [3.8, 4) is 0 Å². The van der Waals surface area contributed by atoms with Crippen LogP contribution in [0.2, 0.25) is 4.34 Å². The van der Waals surface area contributed by atoms with Crippen molar-refractivity contribution in [3.05, 3.63) is 21.3 Å². The maximum atomic E-state index is 6.05. The first-order chi connectivity index (χ1) is 9.04. The molecule has 1 aliphatic rings. The molecule has 1 unspecified atom stereocenters. The molecule has 4 heteroatoms. The molecule has 0 amide bonds. The summed E-state index contributed by atoms with van der Waals surface area (Å²) in [4.78, 5) is 4.01. The first kappa shape index (κ1) is 15.3. The standard InChI is InChI=1S/C15H25ClN2S/c1-4-17-13(11-12-7-8-14(16)19-12)15(2,3)18-9-5-6-10-18/h7-8,13,17H,4-6,9-11H2,1-3H3. The molecular weight excluding hydrogens is 276 g/mol. The number of hydrogen-bond donors (Lipinski definition) is 1. The van der Waals surface area contributed by atoms with Crippen molar-refractivity contribution in [3.63, 3.8) is 0 Å². The highest BCUT2D eigenvalue weighted by molar-refractivity contribution is 7.16. The molecule has 1 aromatic heterocycles. The van der Waals surface area contributed by atoms with Crippen LogP contribution in [0, 0.1) is 0 Å². The van der Waals surface area contributed by atoms with Crippen LogP contribution in [-0.4, -0.2) is 36.1 Å². The molecule has 1 fully saturated rings. The van der Waals surface area contributed by atoms with E-state index in [1.54, 1.807) is 11.3 Å². The van der Waals surface area contributed by atoms with Gasteiger partial charge in [-0.2, -0.15) is 0 Å². The third-order valence-corrected chi connectivity index (χ3v) is 5.51.